The molecular formula is C17H22O. The molecule has 0 unspecified atom stereocenters. The van der Waals surface area contributed by atoms with Crippen LogP contribution in [0, 0.1) is 25.2 Å². The third-order valence-corrected chi connectivity index (χ3v) is 5.21. The van der Waals surface area contributed by atoms with Crippen molar-refractivity contribution in [3.8, 4) is 0 Å². The van der Waals surface area contributed by atoms with Gasteiger partial charge in [-0.15, -0.1) is 0 Å². The van der Waals surface area contributed by atoms with Crippen molar-refractivity contribution in [1.82, 2.24) is 0 Å². The number of fused-ring (bicyclic) bond motifs is 1. The normalized spacial score (nSPS) is 30.8. The molecule has 0 amide bonds. The Morgan fingerprint density at radius 2 is 1.72 bits per heavy atom. The standard InChI is InChI=1S/C17H22O/c1-11-6-8-17(9-7-11)10-14-12(2)4-5-13(3)15(14)16(17)18/h4-5,11H,6-10H2,1-3H3. The van der Waals surface area contributed by atoms with Crippen LogP contribution in [0.5, 0.6) is 0 Å². The van der Waals surface area contributed by atoms with Crippen LogP contribution in [0.25, 0.3) is 0 Å². The molecule has 3 rings (SSSR count). The van der Waals surface area contributed by atoms with Crippen LogP contribution in [0.3, 0.4) is 0 Å². The van der Waals surface area contributed by atoms with E-state index in [0.717, 1.165) is 30.7 Å². The van der Waals surface area contributed by atoms with Crippen LogP contribution in [0.2, 0.25) is 0 Å². The van der Waals surface area contributed by atoms with Crippen molar-refractivity contribution in [3.05, 3.63) is 34.4 Å². The van der Waals surface area contributed by atoms with Crippen molar-refractivity contribution in [2.24, 2.45) is 11.3 Å². The van der Waals surface area contributed by atoms with Gasteiger partial charge in [-0.2, -0.15) is 0 Å². The summed E-state index contributed by atoms with van der Waals surface area (Å²) in [5.41, 5.74) is 4.85. The summed E-state index contributed by atoms with van der Waals surface area (Å²) in [6, 6.07) is 4.28. The third kappa shape index (κ3) is 1.56. The number of carbonyl (C=O) groups excluding carboxylic acids is 1. The zero-order valence-corrected chi connectivity index (χ0v) is 11.7. The zero-order valence-electron chi connectivity index (χ0n) is 11.7. The lowest BCUT2D eigenvalue weighted by molar-refractivity contribution is 0.0713. The molecule has 0 N–H and O–H groups in total. The van der Waals surface area contributed by atoms with E-state index in [4.69, 9.17) is 0 Å². The summed E-state index contributed by atoms with van der Waals surface area (Å²) in [5.74, 6) is 1.25. The van der Waals surface area contributed by atoms with E-state index in [2.05, 4.69) is 32.9 Å². The van der Waals surface area contributed by atoms with E-state index in [1.54, 1.807) is 0 Å². The van der Waals surface area contributed by atoms with Crippen LogP contribution < -0.4 is 0 Å². The monoisotopic (exact) mass is 242 g/mol. The van der Waals surface area contributed by atoms with Crippen LogP contribution in [0.15, 0.2) is 12.1 Å². The van der Waals surface area contributed by atoms with E-state index < -0.39 is 0 Å². The average molecular weight is 242 g/mol. The van der Waals surface area contributed by atoms with Crippen LogP contribution in [-0.2, 0) is 6.42 Å². The molecule has 1 aromatic rings. The lowest BCUT2D eigenvalue weighted by Crippen LogP contribution is -2.32. The average Bonchev–Trinajstić information content (AvgIpc) is 2.64. The summed E-state index contributed by atoms with van der Waals surface area (Å²) in [6.07, 6.45) is 5.64. The van der Waals surface area contributed by atoms with Crippen molar-refractivity contribution in [1.29, 1.82) is 0 Å². The molecule has 0 heterocycles. The SMILES string of the molecule is Cc1ccc(C)c2c1CC1(CCC(C)CC1)C2=O. The molecule has 0 aromatic heterocycles. The molecule has 0 aliphatic heterocycles. The maximum atomic E-state index is 12.9. The van der Waals surface area contributed by atoms with Gasteiger partial charge in [0.15, 0.2) is 5.78 Å². The molecule has 1 aromatic carbocycles. The van der Waals surface area contributed by atoms with E-state index in [0.29, 0.717) is 5.78 Å². The van der Waals surface area contributed by atoms with Crippen molar-refractivity contribution in [2.75, 3.05) is 0 Å². The maximum Gasteiger partial charge on any atom is 0.169 e. The van der Waals surface area contributed by atoms with E-state index in [1.807, 2.05) is 0 Å². The second-order valence-corrected chi connectivity index (χ2v) is 6.52. The number of Topliss-reactive ketones (excluding diaryl/α,β-unsaturated/α-hetero) is 1. The van der Waals surface area contributed by atoms with Gasteiger partial charge < -0.3 is 0 Å². The molecule has 1 saturated carbocycles. The van der Waals surface area contributed by atoms with Gasteiger partial charge in [0.25, 0.3) is 0 Å². The summed E-state index contributed by atoms with van der Waals surface area (Å²) < 4.78 is 0. The quantitative estimate of drug-likeness (QED) is 0.665. The van der Waals surface area contributed by atoms with Gasteiger partial charge in [-0.1, -0.05) is 19.1 Å². The molecule has 0 radical (unpaired) electrons. The molecule has 1 fully saturated rings. The zero-order chi connectivity index (χ0) is 12.9. The van der Waals surface area contributed by atoms with Crippen molar-refractivity contribution in [3.63, 3.8) is 0 Å². The fourth-order valence-corrected chi connectivity index (χ4v) is 3.82. The molecule has 2 aliphatic carbocycles. The first-order chi connectivity index (χ1) is 8.53. The second-order valence-electron chi connectivity index (χ2n) is 6.52. The third-order valence-electron chi connectivity index (χ3n) is 5.21. The molecule has 0 bridgehead atoms. The van der Waals surface area contributed by atoms with Gasteiger partial charge in [0.2, 0.25) is 0 Å². The Labute approximate surface area is 110 Å². The van der Waals surface area contributed by atoms with E-state index in [-0.39, 0.29) is 5.41 Å². The summed E-state index contributed by atoms with van der Waals surface area (Å²) in [4.78, 5) is 12.9. The lowest BCUT2D eigenvalue weighted by Gasteiger charge is -2.34. The Hall–Kier alpha value is -1.11. The van der Waals surface area contributed by atoms with Gasteiger partial charge in [0.05, 0.1) is 0 Å². The predicted octanol–water partition coefficient (Wildman–Crippen LogP) is 4.24. The minimum atomic E-state index is -0.0360. The molecule has 0 atom stereocenters. The first kappa shape index (κ1) is 12.0. The highest BCUT2D eigenvalue weighted by Crippen LogP contribution is 2.49. The number of hydrogen-bond acceptors (Lipinski definition) is 1. The summed E-state index contributed by atoms with van der Waals surface area (Å²) >= 11 is 0. The first-order valence-electron chi connectivity index (χ1n) is 7.17. The largest absolute Gasteiger partial charge is 0.294 e. The molecule has 96 valence electrons. The van der Waals surface area contributed by atoms with Gasteiger partial charge in [-0.25, -0.2) is 0 Å². The molecular weight excluding hydrogens is 220 g/mol. The summed E-state index contributed by atoms with van der Waals surface area (Å²) in [7, 11) is 0. The minimum Gasteiger partial charge on any atom is -0.294 e. The second kappa shape index (κ2) is 3.94. The Morgan fingerprint density at radius 3 is 2.33 bits per heavy atom. The number of aryl methyl sites for hydroxylation is 2. The highest BCUT2D eigenvalue weighted by Gasteiger charge is 2.47. The van der Waals surface area contributed by atoms with Gasteiger partial charge in [-0.3, -0.25) is 4.79 Å². The van der Waals surface area contributed by atoms with Crippen molar-refractivity contribution >= 4 is 5.78 Å². The lowest BCUT2D eigenvalue weighted by atomic mass is 9.68. The van der Waals surface area contributed by atoms with E-state index >= 15 is 0 Å². The molecule has 18 heavy (non-hydrogen) atoms. The maximum absolute atomic E-state index is 12.9. The van der Waals surface area contributed by atoms with E-state index in [1.165, 1.54) is 29.5 Å². The van der Waals surface area contributed by atoms with Crippen molar-refractivity contribution < 1.29 is 4.79 Å². The molecule has 0 saturated heterocycles. The number of ketones is 1. The molecule has 1 heteroatoms. The molecule has 2 aliphatic rings. The van der Waals surface area contributed by atoms with Gasteiger partial charge in [0.1, 0.15) is 0 Å². The number of carbonyl (C=O) groups is 1. The van der Waals surface area contributed by atoms with Crippen LogP contribution in [0.1, 0.15) is 59.7 Å². The highest BCUT2D eigenvalue weighted by molar-refractivity contribution is 6.06. The van der Waals surface area contributed by atoms with Crippen LogP contribution in [0.4, 0.5) is 0 Å². The van der Waals surface area contributed by atoms with Crippen LogP contribution in [-0.4, -0.2) is 5.78 Å². The fraction of sp³-hybridized carbons (Fsp3) is 0.588. The number of benzene rings is 1. The fourth-order valence-electron chi connectivity index (χ4n) is 3.82. The predicted molar refractivity (Wildman–Crippen MR) is 74.0 cm³/mol. The number of hydrogen-bond donors (Lipinski definition) is 0. The molecule has 1 nitrogen and oxygen atoms in total. The highest BCUT2D eigenvalue weighted by atomic mass is 16.1. The Bertz CT molecular complexity index is 505. The van der Waals surface area contributed by atoms with Crippen molar-refractivity contribution in [2.45, 2.75) is 52.9 Å². The van der Waals surface area contributed by atoms with Gasteiger partial charge in [-0.05, 0) is 68.6 Å². The first-order valence-corrected chi connectivity index (χ1v) is 7.17. The summed E-state index contributed by atoms with van der Waals surface area (Å²) in [5, 5.41) is 0. The Morgan fingerprint density at radius 1 is 1.11 bits per heavy atom. The summed E-state index contributed by atoms with van der Waals surface area (Å²) in [6.45, 7) is 6.55. The Kier molecular flexibility index (Phi) is 2.62. The number of rotatable bonds is 0. The Balaban J connectivity index is 2.04. The van der Waals surface area contributed by atoms with Gasteiger partial charge >= 0.3 is 0 Å². The smallest absolute Gasteiger partial charge is 0.169 e. The topological polar surface area (TPSA) is 17.1 Å². The minimum absolute atomic E-state index is 0.0360. The van der Waals surface area contributed by atoms with E-state index in [9.17, 15) is 4.79 Å². The van der Waals surface area contributed by atoms with Crippen LogP contribution >= 0.6 is 0 Å². The van der Waals surface area contributed by atoms with Gasteiger partial charge in [0, 0.05) is 11.0 Å². The molecule has 1 spiro atoms.